The van der Waals surface area contributed by atoms with Crippen LogP contribution in [-0.4, -0.2) is 83.7 Å². The van der Waals surface area contributed by atoms with Gasteiger partial charge >= 0.3 is 6.09 Å². The minimum Gasteiger partial charge on any atom is -0.444 e. The van der Waals surface area contributed by atoms with Gasteiger partial charge in [-0.05, 0) is 71.7 Å². The number of ether oxygens (including phenoxy) is 1. The van der Waals surface area contributed by atoms with Crippen molar-refractivity contribution in [1.82, 2.24) is 20.1 Å². The van der Waals surface area contributed by atoms with Crippen LogP contribution in [0.5, 0.6) is 0 Å². The molecule has 1 aromatic carbocycles. The van der Waals surface area contributed by atoms with E-state index in [0.717, 1.165) is 32.5 Å². The summed E-state index contributed by atoms with van der Waals surface area (Å²) in [5.41, 5.74) is 1.20. The van der Waals surface area contributed by atoms with Gasteiger partial charge in [0.25, 0.3) is 11.9 Å². The van der Waals surface area contributed by atoms with E-state index in [0.29, 0.717) is 48.2 Å². The summed E-state index contributed by atoms with van der Waals surface area (Å²) in [7, 11) is 0. The maximum Gasteiger partial charge on any atom is 0.410 e. The second-order valence-corrected chi connectivity index (χ2v) is 10.8. The average Bonchev–Trinajstić information content (AvgIpc) is 3.22. The molecule has 0 radical (unpaired) electrons. The monoisotopic (exact) mass is 469 g/mol. The molecule has 34 heavy (non-hydrogen) atoms. The number of rotatable bonds is 3. The van der Waals surface area contributed by atoms with Crippen LogP contribution in [0.25, 0.3) is 11.1 Å². The maximum atomic E-state index is 13.2. The number of nitrogens with one attached hydrogen (secondary N) is 1. The van der Waals surface area contributed by atoms with Crippen molar-refractivity contribution in [1.29, 1.82) is 0 Å². The largest absolute Gasteiger partial charge is 0.444 e. The van der Waals surface area contributed by atoms with Crippen LogP contribution < -0.4 is 10.2 Å². The topological polar surface area (TPSA) is 91.1 Å². The van der Waals surface area contributed by atoms with Gasteiger partial charge in [-0.2, -0.15) is 4.98 Å². The number of para-hydroxylation sites is 1. The molecule has 2 aromatic rings. The van der Waals surface area contributed by atoms with Crippen molar-refractivity contribution in [3.05, 3.63) is 23.8 Å². The number of hydrogen-bond donors (Lipinski definition) is 1. The van der Waals surface area contributed by atoms with Crippen LogP contribution in [0, 0.1) is 5.92 Å². The van der Waals surface area contributed by atoms with E-state index in [1.165, 1.54) is 0 Å². The molecule has 0 aliphatic carbocycles. The molecule has 9 nitrogen and oxygen atoms in total. The van der Waals surface area contributed by atoms with Crippen molar-refractivity contribution in [3.63, 3.8) is 0 Å². The number of carbonyl (C=O) groups is 2. The van der Waals surface area contributed by atoms with E-state index in [9.17, 15) is 9.59 Å². The Kier molecular flexibility index (Phi) is 5.91. The summed E-state index contributed by atoms with van der Waals surface area (Å²) in [5, 5.41) is 3.26. The van der Waals surface area contributed by atoms with Gasteiger partial charge in [-0.25, -0.2) is 4.79 Å². The standard InChI is InChI=1S/C25H35N5O4/c1-16-14-29(24(32)34-25(2,3)4)12-13-30(16)23-27-21-18(6-5-7-20(21)33-23)22(31)26-19-15-28-10-8-17(19)9-11-28/h5-7,16-17,19H,8-15H2,1-4H3,(H,26,31). The summed E-state index contributed by atoms with van der Waals surface area (Å²) in [5.74, 6) is 0.468. The molecule has 4 saturated heterocycles. The number of hydrogen-bond acceptors (Lipinski definition) is 7. The van der Waals surface area contributed by atoms with Gasteiger partial charge in [-0.3, -0.25) is 4.79 Å². The first-order chi connectivity index (χ1) is 16.2. The summed E-state index contributed by atoms with van der Waals surface area (Å²) >= 11 is 0. The molecule has 5 heterocycles. The number of anilines is 1. The van der Waals surface area contributed by atoms with E-state index in [1.54, 1.807) is 4.90 Å². The first-order valence-electron chi connectivity index (χ1n) is 12.4. The molecule has 4 aliphatic heterocycles. The van der Waals surface area contributed by atoms with Crippen molar-refractivity contribution in [2.45, 2.75) is 58.2 Å². The third-order valence-electron chi connectivity index (χ3n) is 7.15. The lowest BCUT2D eigenvalue weighted by molar-refractivity contribution is 0.0216. The average molecular weight is 470 g/mol. The minimum atomic E-state index is -0.525. The first-order valence-corrected chi connectivity index (χ1v) is 12.4. The lowest BCUT2D eigenvalue weighted by Gasteiger charge is -2.44. The normalized spacial score (nSPS) is 27.2. The number of amides is 2. The smallest absolute Gasteiger partial charge is 0.410 e. The highest BCUT2D eigenvalue weighted by molar-refractivity contribution is 6.04. The lowest BCUT2D eigenvalue weighted by atomic mass is 9.84. The number of oxazole rings is 1. The van der Waals surface area contributed by atoms with Crippen LogP contribution in [0.15, 0.2) is 22.6 Å². The highest BCUT2D eigenvalue weighted by Crippen LogP contribution is 2.30. The van der Waals surface area contributed by atoms with Crippen molar-refractivity contribution in [2.75, 3.05) is 44.2 Å². The Morgan fingerprint density at radius 2 is 1.88 bits per heavy atom. The van der Waals surface area contributed by atoms with Gasteiger partial charge < -0.3 is 29.2 Å². The van der Waals surface area contributed by atoms with E-state index in [2.05, 4.69) is 15.1 Å². The number of fused-ring (bicyclic) bond motifs is 4. The van der Waals surface area contributed by atoms with E-state index in [4.69, 9.17) is 14.1 Å². The van der Waals surface area contributed by atoms with Gasteiger partial charge in [0.1, 0.15) is 11.1 Å². The van der Waals surface area contributed by atoms with Crippen molar-refractivity contribution in [3.8, 4) is 0 Å². The Balaban J connectivity index is 1.30. The van der Waals surface area contributed by atoms with Gasteiger partial charge in [-0.15, -0.1) is 0 Å². The highest BCUT2D eigenvalue weighted by atomic mass is 16.6. The Labute approximate surface area is 200 Å². The molecule has 1 N–H and O–H groups in total. The van der Waals surface area contributed by atoms with Crippen LogP contribution in [-0.2, 0) is 4.74 Å². The molecule has 9 heteroatoms. The molecule has 1 aromatic heterocycles. The Hall–Kier alpha value is -2.81. The van der Waals surface area contributed by atoms with Crippen LogP contribution in [0.3, 0.4) is 0 Å². The molecule has 0 spiro atoms. The molecule has 2 bridgehead atoms. The van der Waals surface area contributed by atoms with Crippen molar-refractivity contribution in [2.24, 2.45) is 5.92 Å². The first kappa shape index (κ1) is 23.0. The van der Waals surface area contributed by atoms with E-state index < -0.39 is 5.60 Å². The molecule has 4 fully saturated rings. The van der Waals surface area contributed by atoms with Crippen molar-refractivity contribution >= 4 is 29.1 Å². The van der Waals surface area contributed by atoms with Gasteiger partial charge in [0.05, 0.1) is 5.56 Å². The third-order valence-corrected chi connectivity index (χ3v) is 7.15. The predicted octanol–water partition coefficient (Wildman–Crippen LogP) is 3.10. The van der Waals surface area contributed by atoms with E-state index in [-0.39, 0.29) is 24.1 Å². The number of benzene rings is 1. The zero-order valence-corrected chi connectivity index (χ0v) is 20.5. The molecule has 0 saturated carbocycles. The lowest BCUT2D eigenvalue weighted by Crippen LogP contribution is -2.57. The molecule has 4 aliphatic rings. The molecule has 6 rings (SSSR count). The third kappa shape index (κ3) is 4.58. The quantitative estimate of drug-likeness (QED) is 0.739. The summed E-state index contributed by atoms with van der Waals surface area (Å²) in [4.78, 5) is 36.6. The molecular weight excluding hydrogens is 434 g/mol. The molecular formula is C25H35N5O4. The van der Waals surface area contributed by atoms with Crippen molar-refractivity contribution < 1.29 is 18.7 Å². The zero-order valence-electron chi connectivity index (χ0n) is 20.5. The fourth-order valence-corrected chi connectivity index (χ4v) is 5.35. The van der Waals surface area contributed by atoms with Crippen LogP contribution in [0.2, 0.25) is 0 Å². The second-order valence-electron chi connectivity index (χ2n) is 10.8. The number of aromatic nitrogens is 1. The fraction of sp³-hybridized carbons (Fsp3) is 0.640. The molecule has 184 valence electrons. The molecule has 2 atom stereocenters. The zero-order chi connectivity index (χ0) is 24.0. The molecule has 2 amide bonds. The predicted molar refractivity (Wildman–Crippen MR) is 129 cm³/mol. The second kappa shape index (κ2) is 8.76. The minimum absolute atomic E-state index is 0.00144. The van der Waals surface area contributed by atoms with Gasteiger partial charge in [0, 0.05) is 38.3 Å². The molecule has 2 unspecified atom stereocenters. The Bertz CT molecular complexity index is 1070. The van der Waals surface area contributed by atoms with Gasteiger partial charge in [0.15, 0.2) is 5.58 Å². The Morgan fingerprint density at radius 1 is 1.12 bits per heavy atom. The number of piperazine rings is 1. The van der Waals surface area contributed by atoms with Gasteiger partial charge in [-0.1, -0.05) is 6.07 Å². The number of nitrogens with zero attached hydrogens (tertiary/aromatic N) is 4. The van der Waals surface area contributed by atoms with E-state index in [1.807, 2.05) is 45.9 Å². The van der Waals surface area contributed by atoms with Crippen LogP contribution in [0.4, 0.5) is 10.8 Å². The fourth-order valence-electron chi connectivity index (χ4n) is 5.35. The summed E-state index contributed by atoms with van der Waals surface area (Å²) < 4.78 is 11.6. The van der Waals surface area contributed by atoms with Crippen LogP contribution in [0.1, 0.15) is 50.9 Å². The van der Waals surface area contributed by atoms with Crippen LogP contribution >= 0.6 is 0 Å². The summed E-state index contributed by atoms with van der Waals surface area (Å²) in [6, 6.07) is 6.17. The van der Waals surface area contributed by atoms with Gasteiger partial charge in [0.2, 0.25) is 0 Å². The Morgan fingerprint density at radius 3 is 2.53 bits per heavy atom. The highest BCUT2D eigenvalue weighted by Gasteiger charge is 2.36. The number of piperidine rings is 3. The van der Waals surface area contributed by atoms with E-state index >= 15 is 0 Å². The SMILES string of the molecule is CC1CN(C(=O)OC(C)(C)C)CCN1c1nc2c(C(=O)NC3CN4CCC3CC4)cccc2o1. The number of carbonyl (C=O) groups excluding carboxylic acids is 2. The summed E-state index contributed by atoms with van der Waals surface area (Å²) in [6.07, 6.45) is 2.00. The summed E-state index contributed by atoms with van der Waals surface area (Å²) in [6.45, 7) is 12.5. The maximum absolute atomic E-state index is 13.2.